The molecule has 0 amide bonds. The standard InChI is InChI=1S/C30H18F6N6O2/c31-29(32,33)19-8-4-15-6-10-21(37-23(15)13-19)27-41-39-25(43-27)17-2-1-3-18(12-17)26-40-42-28(44-26)22-11-7-16-5-9-20(30(34,35)36)14-24(16)38-22/h1-10,13-14,21,37H,11-12H2. The molecule has 1 aliphatic carbocycles. The summed E-state index contributed by atoms with van der Waals surface area (Å²) in [5.74, 6) is 0.367. The number of nitrogens with one attached hydrogen (secondary N) is 1. The van der Waals surface area contributed by atoms with Gasteiger partial charge in [-0.1, -0.05) is 48.6 Å². The highest BCUT2D eigenvalue weighted by Crippen LogP contribution is 2.37. The second-order valence-corrected chi connectivity index (χ2v) is 10.1. The monoisotopic (exact) mass is 608 g/mol. The summed E-state index contributed by atoms with van der Waals surface area (Å²) in [4.78, 5) is 4.34. The minimum Gasteiger partial charge on any atom is -0.418 e. The molecular weight excluding hydrogens is 590 g/mol. The van der Waals surface area contributed by atoms with E-state index in [1.54, 1.807) is 36.5 Å². The van der Waals surface area contributed by atoms with E-state index in [4.69, 9.17) is 8.83 Å². The Morgan fingerprint density at radius 1 is 0.818 bits per heavy atom. The van der Waals surface area contributed by atoms with Crippen LogP contribution in [0.1, 0.15) is 47.4 Å². The Morgan fingerprint density at radius 3 is 2.41 bits per heavy atom. The van der Waals surface area contributed by atoms with Crippen molar-refractivity contribution in [1.82, 2.24) is 20.4 Å². The fraction of sp³-hybridized carbons (Fsp3) is 0.167. The number of hydrogen-bond donors (Lipinski definition) is 1. The normalized spacial score (nSPS) is 20.2. The van der Waals surface area contributed by atoms with Gasteiger partial charge in [0.15, 0.2) is 0 Å². The predicted molar refractivity (Wildman–Crippen MR) is 145 cm³/mol. The number of halogens is 6. The third-order valence-corrected chi connectivity index (χ3v) is 7.19. The number of nitrogens with zero attached hydrogens (tertiary/aromatic N) is 5. The van der Waals surface area contributed by atoms with Crippen molar-refractivity contribution in [2.75, 3.05) is 5.32 Å². The Hall–Kier alpha value is -5.27. The Morgan fingerprint density at radius 2 is 1.59 bits per heavy atom. The van der Waals surface area contributed by atoms with Crippen LogP contribution in [0.25, 0.3) is 29.0 Å². The Labute approximate surface area is 242 Å². The summed E-state index contributed by atoms with van der Waals surface area (Å²) in [5.41, 5.74) is 1.19. The molecule has 0 radical (unpaired) electrons. The maximum absolute atomic E-state index is 13.2. The molecule has 1 atom stereocenters. The van der Waals surface area contributed by atoms with Gasteiger partial charge in [0.05, 0.1) is 16.5 Å². The molecule has 0 saturated heterocycles. The van der Waals surface area contributed by atoms with Crippen LogP contribution in [0.3, 0.4) is 0 Å². The van der Waals surface area contributed by atoms with Crippen molar-refractivity contribution in [2.24, 2.45) is 4.99 Å². The van der Waals surface area contributed by atoms with E-state index in [1.807, 2.05) is 0 Å². The summed E-state index contributed by atoms with van der Waals surface area (Å²) >= 11 is 0. The van der Waals surface area contributed by atoms with Crippen LogP contribution in [-0.4, -0.2) is 20.4 Å². The van der Waals surface area contributed by atoms with Gasteiger partial charge in [0.2, 0.25) is 17.3 Å². The van der Waals surface area contributed by atoms with Gasteiger partial charge in [-0.15, -0.1) is 20.4 Å². The molecule has 2 aromatic carbocycles. The number of fused-ring (bicyclic) bond motifs is 2. The first-order chi connectivity index (χ1) is 21.0. The maximum Gasteiger partial charge on any atom is 0.416 e. The van der Waals surface area contributed by atoms with Gasteiger partial charge >= 0.3 is 12.4 Å². The lowest BCUT2D eigenvalue weighted by atomic mass is 10.0. The number of allylic oxidation sites excluding steroid dienone is 4. The summed E-state index contributed by atoms with van der Waals surface area (Å²) in [6, 6.07) is 6.17. The van der Waals surface area contributed by atoms with Crippen molar-refractivity contribution in [3.63, 3.8) is 0 Å². The molecule has 8 nitrogen and oxygen atoms in total. The van der Waals surface area contributed by atoms with Gasteiger partial charge in [-0.3, -0.25) is 0 Å². The molecule has 14 heteroatoms. The van der Waals surface area contributed by atoms with Crippen LogP contribution < -0.4 is 27.0 Å². The summed E-state index contributed by atoms with van der Waals surface area (Å²) in [5, 5.41) is 20.1. The third kappa shape index (κ3) is 5.23. The molecule has 0 fully saturated rings. The molecule has 222 valence electrons. The van der Waals surface area contributed by atoms with Crippen molar-refractivity contribution < 1.29 is 35.2 Å². The van der Waals surface area contributed by atoms with Crippen LogP contribution in [-0.2, 0) is 12.4 Å². The molecule has 0 spiro atoms. The van der Waals surface area contributed by atoms with Gasteiger partial charge < -0.3 is 14.2 Å². The number of anilines is 1. The van der Waals surface area contributed by atoms with E-state index in [2.05, 4.69) is 30.7 Å². The molecule has 0 bridgehead atoms. The van der Waals surface area contributed by atoms with Crippen molar-refractivity contribution in [1.29, 1.82) is 0 Å². The van der Waals surface area contributed by atoms with Gasteiger partial charge in [0.1, 0.15) is 11.7 Å². The van der Waals surface area contributed by atoms with Crippen LogP contribution >= 0.6 is 0 Å². The van der Waals surface area contributed by atoms with E-state index >= 15 is 0 Å². The number of aromatic nitrogens is 4. The summed E-state index contributed by atoms with van der Waals surface area (Å²) in [6.45, 7) is 0. The number of alkyl halides is 6. The smallest absolute Gasteiger partial charge is 0.416 e. The third-order valence-electron chi connectivity index (χ3n) is 7.19. The lowest BCUT2D eigenvalue weighted by Gasteiger charge is -2.21. The average Bonchev–Trinajstić information content (AvgIpc) is 3.70. The van der Waals surface area contributed by atoms with Gasteiger partial charge in [-0.25, -0.2) is 4.99 Å². The molecule has 44 heavy (non-hydrogen) atoms. The Balaban J connectivity index is 1.13. The summed E-state index contributed by atoms with van der Waals surface area (Å²) in [6.07, 6.45) is 2.01. The van der Waals surface area contributed by atoms with E-state index in [1.165, 1.54) is 12.1 Å². The van der Waals surface area contributed by atoms with Crippen molar-refractivity contribution in [3.8, 4) is 0 Å². The van der Waals surface area contributed by atoms with E-state index in [9.17, 15) is 26.3 Å². The van der Waals surface area contributed by atoms with E-state index in [0.29, 0.717) is 39.7 Å². The molecule has 2 aromatic heterocycles. The highest BCUT2D eigenvalue weighted by Gasteiger charge is 2.32. The van der Waals surface area contributed by atoms with E-state index in [-0.39, 0.29) is 34.7 Å². The first-order valence-corrected chi connectivity index (χ1v) is 13.2. The average molecular weight is 609 g/mol. The molecule has 2 aliphatic heterocycles. The maximum atomic E-state index is 13.2. The van der Waals surface area contributed by atoms with Gasteiger partial charge in [0.25, 0.3) is 5.55 Å². The number of hydrogen-bond acceptors (Lipinski definition) is 8. The zero-order valence-corrected chi connectivity index (χ0v) is 22.2. The van der Waals surface area contributed by atoms with Crippen LogP contribution in [0, 0.1) is 0 Å². The van der Waals surface area contributed by atoms with Crippen LogP contribution in [0.5, 0.6) is 0 Å². The van der Waals surface area contributed by atoms with E-state index < -0.39 is 29.5 Å². The summed E-state index contributed by atoms with van der Waals surface area (Å²) < 4.78 is 90.8. The zero-order valence-electron chi connectivity index (χ0n) is 22.2. The zero-order chi connectivity index (χ0) is 30.6. The number of rotatable bonds is 2. The fourth-order valence-electron chi connectivity index (χ4n) is 4.94. The quantitative estimate of drug-likeness (QED) is 0.335. The van der Waals surface area contributed by atoms with Crippen molar-refractivity contribution >= 4 is 34.7 Å². The fourth-order valence-corrected chi connectivity index (χ4v) is 4.94. The Kier molecular flexibility index (Phi) is 6.37. The molecule has 7 rings (SSSR count). The minimum atomic E-state index is -4.50. The van der Waals surface area contributed by atoms with Crippen LogP contribution in [0.4, 0.5) is 32.0 Å². The van der Waals surface area contributed by atoms with Gasteiger partial charge in [-0.05, 0) is 35.0 Å². The molecular formula is C30H18F6N6O2. The van der Waals surface area contributed by atoms with Gasteiger partial charge in [0, 0.05) is 29.7 Å². The SMILES string of the molecule is FC(F)(F)c1ccc2c(c1)NC(c1nnc(C3=CC=CC(=c4nnc(=C5CC=c6ccc(C(F)(F)F)cc6=N5)o4)C3)o1)C=C2. The summed E-state index contributed by atoms with van der Waals surface area (Å²) in [7, 11) is 0. The highest BCUT2D eigenvalue weighted by molar-refractivity contribution is 5.77. The molecule has 4 heterocycles. The molecule has 1 unspecified atom stereocenters. The van der Waals surface area contributed by atoms with Crippen LogP contribution in [0.15, 0.2) is 74.5 Å². The molecule has 3 aliphatic rings. The number of benzene rings is 2. The second-order valence-electron chi connectivity index (χ2n) is 10.1. The minimum absolute atomic E-state index is 0.0838. The second kappa shape index (κ2) is 10.2. The largest absolute Gasteiger partial charge is 0.418 e. The molecule has 0 saturated carbocycles. The van der Waals surface area contributed by atoms with Crippen LogP contribution in [0.2, 0.25) is 0 Å². The highest BCUT2D eigenvalue weighted by atomic mass is 19.4. The molecule has 4 aromatic rings. The Bertz CT molecular complexity index is 2150. The topological polar surface area (TPSA) is 102 Å². The van der Waals surface area contributed by atoms with E-state index in [0.717, 1.165) is 24.3 Å². The lowest BCUT2D eigenvalue weighted by molar-refractivity contribution is -0.138. The first kappa shape index (κ1) is 27.6. The van der Waals surface area contributed by atoms with Crippen molar-refractivity contribution in [2.45, 2.75) is 31.2 Å². The predicted octanol–water partition coefficient (Wildman–Crippen LogP) is 4.48. The molecule has 1 N–H and O–H groups in total. The van der Waals surface area contributed by atoms with Gasteiger partial charge in [-0.2, -0.15) is 26.3 Å². The van der Waals surface area contributed by atoms with Crippen molar-refractivity contribution in [3.05, 3.63) is 111 Å². The first-order valence-electron chi connectivity index (χ1n) is 13.2. The lowest BCUT2D eigenvalue weighted by Crippen LogP contribution is -2.30.